The Morgan fingerprint density at radius 3 is 2.86 bits per heavy atom. The van der Waals surface area contributed by atoms with Crippen LogP contribution in [0.5, 0.6) is 0 Å². The van der Waals surface area contributed by atoms with Crippen molar-refractivity contribution < 1.29 is 27.9 Å². The van der Waals surface area contributed by atoms with E-state index in [0.29, 0.717) is 41.6 Å². The number of anilines is 1. The molecular formula is C22H20FN7O5. The predicted octanol–water partition coefficient (Wildman–Crippen LogP) is 2.54. The van der Waals surface area contributed by atoms with Crippen LogP contribution in [-0.2, 0) is 27.2 Å². The molecule has 0 aliphatic carbocycles. The fourth-order valence-electron chi connectivity index (χ4n) is 4.05. The lowest BCUT2D eigenvalue weighted by Crippen LogP contribution is -2.40. The number of benzene rings is 1. The van der Waals surface area contributed by atoms with Crippen molar-refractivity contribution in [2.24, 2.45) is 0 Å². The highest BCUT2D eigenvalue weighted by atomic mass is 19.1. The summed E-state index contributed by atoms with van der Waals surface area (Å²) in [7, 11) is 0. The lowest BCUT2D eigenvalue weighted by Gasteiger charge is -2.32. The van der Waals surface area contributed by atoms with E-state index in [2.05, 4.69) is 20.5 Å². The number of hydrogen-bond donors (Lipinski definition) is 0. The van der Waals surface area contributed by atoms with Gasteiger partial charge in [-0.1, -0.05) is 10.4 Å². The smallest absolute Gasteiger partial charge is 0.414 e. The first-order valence-electron chi connectivity index (χ1n) is 11.0. The molecule has 5 heterocycles. The van der Waals surface area contributed by atoms with Gasteiger partial charge in [0.1, 0.15) is 11.9 Å². The third-order valence-corrected chi connectivity index (χ3v) is 5.71. The third kappa shape index (κ3) is 4.26. The van der Waals surface area contributed by atoms with Crippen LogP contribution in [0.25, 0.3) is 17.1 Å². The number of ether oxygens (including phenoxy) is 3. The van der Waals surface area contributed by atoms with Crippen LogP contribution in [0.2, 0.25) is 0 Å². The Balaban J connectivity index is 1.15. The van der Waals surface area contributed by atoms with E-state index in [1.54, 1.807) is 59.2 Å². The molecule has 0 N–H and O–H groups in total. The summed E-state index contributed by atoms with van der Waals surface area (Å²) in [5.74, 6) is 0.264. The van der Waals surface area contributed by atoms with Crippen LogP contribution in [0.1, 0.15) is 12.8 Å². The molecule has 0 radical (unpaired) electrons. The molecule has 2 saturated heterocycles. The number of rotatable bonds is 7. The van der Waals surface area contributed by atoms with Gasteiger partial charge in [-0.25, -0.2) is 13.9 Å². The molecule has 1 atom stereocenters. The van der Waals surface area contributed by atoms with Crippen molar-refractivity contribution in [1.82, 2.24) is 29.7 Å². The number of amides is 1. The summed E-state index contributed by atoms with van der Waals surface area (Å²) >= 11 is 0. The zero-order valence-electron chi connectivity index (χ0n) is 18.5. The average molecular weight is 481 g/mol. The summed E-state index contributed by atoms with van der Waals surface area (Å²) in [6, 6.07) is 6.33. The van der Waals surface area contributed by atoms with E-state index in [-0.39, 0.29) is 19.1 Å². The molecule has 4 aromatic rings. The van der Waals surface area contributed by atoms with Crippen molar-refractivity contribution >= 4 is 11.8 Å². The number of carbonyl (C=O) groups excluding carboxylic acids is 1. The first-order valence-corrected chi connectivity index (χ1v) is 11.0. The van der Waals surface area contributed by atoms with E-state index in [4.69, 9.17) is 18.7 Å². The SMILES string of the molecule is CC1OC(Cc2nc(-c3ccn(-c4ccc(N5C[C@H](Cn6ccnn6)OC5=O)cc4F)c3)no2)O1. The van der Waals surface area contributed by atoms with Crippen molar-refractivity contribution in [1.29, 1.82) is 0 Å². The summed E-state index contributed by atoms with van der Waals surface area (Å²) in [4.78, 5) is 18.1. The van der Waals surface area contributed by atoms with E-state index in [1.807, 2.05) is 0 Å². The lowest BCUT2D eigenvalue weighted by molar-refractivity contribution is -0.375. The Morgan fingerprint density at radius 2 is 2.09 bits per heavy atom. The Morgan fingerprint density at radius 1 is 1.20 bits per heavy atom. The van der Waals surface area contributed by atoms with E-state index < -0.39 is 18.0 Å². The van der Waals surface area contributed by atoms with Gasteiger partial charge in [-0.15, -0.1) is 5.10 Å². The van der Waals surface area contributed by atoms with E-state index in [0.717, 1.165) is 0 Å². The van der Waals surface area contributed by atoms with Gasteiger partial charge in [0.25, 0.3) is 0 Å². The summed E-state index contributed by atoms with van der Waals surface area (Å²) in [6.07, 6.45) is 5.42. The van der Waals surface area contributed by atoms with Crippen LogP contribution >= 0.6 is 0 Å². The molecule has 3 aromatic heterocycles. The molecule has 12 nitrogen and oxygen atoms in total. The molecular weight excluding hydrogens is 461 g/mol. The molecule has 0 saturated carbocycles. The van der Waals surface area contributed by atoms with Crippen molar-refractivity contribution in [2.45, 2.75) is 38.6 Å². The van der Waals surface area contributed by atoms with Crippen LogP contribution in [-0.4, -0.2) is 61.0 Å². The van der Waals surface area contributed by atoms with Gasteiger partial charge >= 0.3 is 6.09 Å². The van der Waals surface area contributed by atoms with Crippen LogP contribution in [0.4, 0.5) is 14.9 Å². The normalized spacial score (nSPS) is 21.8. The van der Waals surface area contributed by atoms with Gasteiger partial charge in [0.2, 0.25) is 11.7 Å². The summed E-state index contributed by atoms with van der Waals surface area (Å²) in [5.41, 5.74) is 1.37. The van der Waals surface area contributed by atoms with Gasteiger partial charge in [0.05, 0.1) is 37.1 Å². The van der Waals surface area contributed by atoms with Gasteiger partial charge < -0.3 is 23.3 Å². The van der Waals surface area contributed by atoms with Crippen LogP contribution < -0.4 is 4.90 Å². The van der Waals surface area contributed by atoms with E-state index in [9.17, 15) is 4.79 Å². The predicted molar refractivity (Wildman–Crippen MR) is 116 cm³/mol. The van der Waals surface area contributed by atoms with Gasteiger partial charge in [-0.3, -0.25) is 4.90 Å². The van der Waals surface area contributed by atoms with Gasteiger partial charge in [0.15, 0.2) is 12.6 Å². The summed E-state index contributed by atoms with van der Waals surface area (Å²) in [5, 5.41) is 11.6. The van der Waals surface area contributed by atoms with E-state index in [1.165, 1.54) is 11.0 Å². The highest BCUT2D eigenvalue weighted by Crippen LogP contribution is 2.28. The first kappa shape index (κ1) is 21.4. The lowest BCUT2D eigenvalue weighted by atomic mass is 10.2. The van der Waals surface area contributed by atoms with Gasteiger partial charge in [-0.2, -0.15) is 4.98 Å². The Labute approximate surface area is 197 Å². The molecule has 0 spiro atoms. The number of halogens is 1. The molecule has 2 fully saturated rings. The second-order valence-electron chi connectivity index (χ2n) is 8.17. The molecule has 6 rings (SSSR count). The molecule has 2 aliphatic heterocycles. The average Bonchev–Trinajstić information content (AvgIpc) is 3.61. The number of carbonyl (C=O) groups is 1. The molecule has 1 amide bonds. The second kappa shape index (κ2) is 8.60. The van der Waals surface area contributed by atoms with Crippen LogP contribution in [0, 0.1) is 5.82 Å². The molecule has 2 aliphatic rings. The van der Waals surface area contributed by atoms with E-state index >= 15 is 4.39 Å². The molecule has 13 heteroatoms. The molecule has 1 aromatic carbocycles. The summed E-state index contributed by atoms with van der Waals surface area (Å²) in [6.45, 7) is 2.45. The third-order valence-electron chi connectivity index (χ3n) is 5.71. The maximum absolute atomic E-state index is 15.1. The minimum atomic E-state index is -0.536. The minimum Gasteiger partial charge on any atom is -0.442 e. The van der Waals surface area contributed by atoms with Gasteiger partial charge in [0, 0.05) is 24.2 Å². The highest BCUT2D eigenvalue weighted by Gasteiger charge is 2.33. The molecule has 0 bridgehead atoms. The second-order valence-corrected chi connectivity index (χ2v) is 8.17. The largest absolute Gasteiger partial charge is 0.442 e. The fraction of sp³-hybridized carbons (Fsp3) is 0.318. The number of aromatic nitrogens is 6. The van der Waals surface area contributed by atoms with Crippen molar-refractivity contribution in [3.05, 3.63) is 60.8 Å². The van der Waals surface area contributed by atoms with Crippen molar-refractivity contribution in [2.75, 3.05) is 11.4 Å². The Kier molecular flexibility index (Phi) is 5.26. The number of nitrogens with zero attached hydrogens (tertiary/aromatic N) is 7. The van der Waals surface area contributed by atoms with Gasteiger partial charge in [-0.05, 0) is 31.2 Å². The molecule has 0 unspecified atom stereocenters. The standard InChI is InChI=1S/C22H20FN7O5/c1-13-32-20(33-13)9-19-25-21(26-35-19)14-4-6-28(10-14)18-3-2-15(8-17(18)23)30-12-16(34-22(30)31)11-29-7-5-24-27-29/h2-8,10,13,16,20H,9,11-12H2,1H3/t13?,16-,20?/m0/s1. The van der Waals surface area contributed by atoms with Crippen molar-refractivity contribution in [3.63, 3.8) is 0 Å². The maximum atomic E-state index is 15.1. The Bertz CT molecular complexity index is 1350. The number of hydrogen-bond acceptors (Lipinski definition) is 9. The topological polar surface area (TPSA) is 123 Å². The fourth-order valence-corrected chi connectivity index (χ4v) is 4.05. The molecule has 180 valence electrons. The summed E-state index contributed by atoms with van der Waals surface area (Å²) < 4.78 is 39.7. The van der Waals surface area contributed by atoms with Crippen molar-refractivity contribution in [3.8, 4) is 17.1 Å². The highest BCUT2D eigenvalue weighted by molar-refractivity contribution is 5.89. The first-order chi connectivity index (χ1) is 17.0. The molecule has 35 heavy (non-hydrogen) atoms. The van der Waals surface area contributed by atoms with Crippen LogP contribution in [0.15, 0.2) is 53.6 Å². The Hall–Kier alpha value is -4.10. The number of cyclic esters (lactones) is 1. The van der Waals surface area contributed by atoms with Crippen LogP contribution in [0.3, 0.4) is 0 Å². The quantitative estimate of drug-likeness (QED) is 0.392. The minimum absolute atomic E-state index is 0.227. The zero-order valence-corrected chi connectivity index (χ0v) is 18.5. The zero-order chi connectivity index (χ0) is 23.9. The maximum Gasteiger partial charge on any atom is 0.414 e. The monoisotopic (exact) mass is 481 g/mol.